The van der Waals surface area contributed by atoms with Crippen LogP contribution in [0, 0.1) is 0 Å². The Morgan fingerprint density at radius 3 is 2.67 bits per heavy atom. The van der Waals surface area contributed by atoms with Crippen LogP contribution in [0.15, 0.2) is 24.3 Å². The number of aliphatic hydroxyl groups excluding tert-OH is 2. The minimum atomic E-state index is -0.857. The number of amides is 1. The molecule has 1 unspecified atom stereocenters. The Morgan fingerprint density at radius 2 is 1.94 bits per heavy atom. The molecule has 0 spiro atoms. The van der Waals surface area contributed by atoms with Gasteiger partial charge in [-0.3, -0.25) is 4.79 Å². The summed E-state index contributed by atoms with van der Waals surface area (Å²) in [5.74, 6) is -0.114. The molecule has 3 atom stereocenters. The zero-order valence-corrected chi connectivity index (χ0v) is 10.1. The van der Waals surface area contributed by atoms with E-state index in [0.29, 0.717) is 17.5 Å². The van der Waals surface area contributed by atoms with E-state index in [4.69, 9.17) is 0 Å². The van der Waals surface area contributed by atoms with Crippen molar-refractivity contribution in [3.63, 3.8) is 0 Å². The number of hydrogen-bond acceptors (Lipinski definition) is 3. The van der Waals surface area contributed by atoms with Gasteiger partial charge in [-0.05, 0) is 31.7 Å². The number of aliphatic hydroxyl groups is 2. The molecular weight excluding hydrogens is 230 g/mol. The lowest BCUT2D eigenvalue weighted by Gasteiger charge is -2.35. The minimum Gasteiger partial charge on any atom is -0.393 e. The molecule has 0 saturated heterocycles. The Balaban J connectivity index is 1.89. The normalized spacial score (nSPS) is 31.6. The van der Waals surface area contributed by atoms with E-state index in [-0.39, 0.29) is 18.1 Å². The van der Waals surface area contributed by atoms with Crippen molar-refractivity contribution in [1.29, 1.82) is 0 Å². The van der Waals surface area contributed by atoms with Crippen molar-refractivity contribution in [3.05, 3.63) is 35.4 Å². The largest absolute Gasteiger partial charge is 0.393 e. The van der Waals surface area contributed by atoms with Crippen LogP contribution in [0.4, 0.5) is 0 Å². The van der Waals surface area contributed by atoms with E-state index < -0.39 is 6.23 Å². The maximum absolute atomic E-state index is 12.3. The summed E-state index contributed by atoms with van der Waals surface area (Å²) in [6.07, 6.45) is 1.90. The monoisotopic (exact) mass is 247 g/mol. The van der Waals surface area contributed by atoms with Crippen LogP contribution in [0.3, 0.4) is 0 Å². The first kappa shape index (κ1) is 11.7. The molecule has 4 heteroatoms. The van der Waals surface area contributed by atoms with E-state index in [1.807, 2.05) is 12.1 Å². The van der Waals surface area contributed by atoms with Crippen LogP contribution in [-0.4, -0.2) is 33.2 Å². The van der Waals surface area contributed by atoms with Crippen molar-refractivity contribution in [3.8, 4) is 0 Å². The highest BCUT2D eigenvalue weighted by Gasteiger charge is 2.40. The van der Waals surface area contributed by atoms with Gasteiger partial charge in [-0.1, -0.05) is 18.2 Å². The van der Waals surface area contributed by atoms with Crippen molar-refractivity contribution in [2.24, 2.45) is 0 Å². The fourth-order valence-corrected chi connectivity index (χ4v) is 3.07. The number of benzene rings is 1. The first-order valence-corrected chi connectivity index (χ1v) is 6.46. The molecule has 1 aliphatic heterocycles. The molecule has 1 heterocycles. The second kappa shape index (κ2) is 4.37. The Hall–Kier alpha value is -1.39. The molecule has 0 radical (unpaired) electrons. The van der Waals surface area contributed by atoms with Gasteiger partial charge in [0.25, 0.3) is 5.91 Å². The van der Waals surface area contributed by atoms with Crippen LogP contribution in [0.25, 0.3) is 0 Å². The third-order valence-electron chi connectivity index (χ3n) is 3.98. The van der Waals surface area contributed by atoms with E-state index in [1.165, 1.54) is 4.90 Å². The van der Waals surface area contributed by atoms with E-state index >= 15 is 0 Å². The topological polar surface area (TPSA) is 60.8 Å². The Labute approximate surface area is 106 Å². The summed E-state index contributed by atoms with van der Waals surface area (Å²) in [6, 6.07) is 7.12. The first-order valence-electron chi connectivity index (χ1n) is 6.46. The molecular formula is C14H17NO3. The van der Waals surface area contributed by atoms with Crippen LogP contribution in [0.2, 0.25) is 0 Å². The zero-order valence-electron chi connectivity index (χ0n) is 10.1. The first-order chi connectivity index (χ1) is 8.68. The fourth-order valence-electron chi connectivity index (χ4n) is 3.07. The zero-order chi connectivity index (χ0) is 12.7. The summed E-state index contributed by atoms with van der Waals surface area (Å²) in [5.41, 5.74) is 1.27. The summed E-state index contributed by atoms with van der Waals surface area (Å²) in [4.78, 5) is 13.8. The Kier molecular flexibility index (Phi) is 2.84. The summed E-state index contributed by atoms with van der Waals surface area (Å²) in [7, 11) is 0. The highest BCUT2D eigenvalue weighted by Crippen LogP contribution is 2.37. The number of fused-ring (bicyclic) bond motifs is 1. The number of carbonyl (C=O) groups is 1. The SMILES string of the molecule is O=C1c2ccccc2C(O)N1[C@H]1CCC[C@@H](O)C1. The molecule has 0 aromatic heterocycles. The maximum Gasteiger partial charge on any atom is 0.256 e. The standard InChI is InChI=1S/C14H17NO3/c16-10-5-3-4-9(8-10)15-13(17)11-6-1-2-7-12(11)14(15)18/h1-2,6-7,9-10,13,16-17H,3-5,8H2/t9-,10+,13?/m0/s1. The maximum atomic E-state index is 12.3. The van der Waals surface area contributed by atoms with Gasteiger partial charge in [0.2, 0.25) is 0 Å². The molecule has 18 heavy (non-hydrogen) atoms. The molecule has 2 aliphatic rings. The van der Waals surface area contributed by atoms with Crippen molar-refractivity contribution in [2.75, 3.05) is 0 Å². The third kappa shape index (κ3) is 1.72. The average Bonchev–Trinajstić information content (AvgIpc) is 2.63. The minimum absolute atomic E-state index is 0.0522. The van der Waals surface area contributed by atoms with Crippen LogP contribution >= 0.6 is 0 Å². The lowest BCUT2D eigenvalue weighted by Crippen LogP contribution is -2.42. The van der Waals surface area contributed by atoms with Crippen LogP contribution in [0.1, 0.15) is 47.8 Å². The van der Waals surface area contributed by atoms with Gasteiger partial charge in [-0.25, -0.2) is 0 Å². The van der Waals surface area contributed by atoms with Gasteiger partial charge in [-0.15, -0.1) is 0 Å². The van der Waals surface area contributed by atoms with E-state index in [2.05, 4.69) is 0 Å². The second-order valence-electron chi connectivity index (χ2n) is 5.15. The lowest BCUT2D eigenvalue weighted by atomic mass is 9.92. The number of nitrogens with zero attached hydrogens (tertiary/aromatic N) is 1. The summed E-state index contributed by atoms with van der Waals surface area (Å²) >= 11 is 0. The Morgan fingerprint density at radius 1 is 1.17 bits per heavy atom. The second-order valence-corrected chi connectivity index (χ2v) is 5.15. The number of rotatable bonds is 1. The quantitative estimate of drug-likeness (QED) is 0.789. The predicted octanol–water partition coefficient (Wildman–Crippen LogP) is 1.44. The van der Waals surface area contributed by atoms with Gasteiger partial charge in [0.05, 0.1) is 6.10 Å². The molecule has 4 nitrogen and oxygen atoms in total. The van der Waals surface area contributed by atoms with Crippen molar-refractivity contribution >= 4 is 5.91 Å². The molecule has 1 aliphatic carbocycles. The highest BCUT2D eigenvalue weighted by atomic mass is 16.3. The molecule has 96 valence electrons. The third-order valence-corrected chi connectivity index (χ3v) is 3.98. The van der Waals surface area contributed by atoms with Gasteiger partial charge in [0, 0.05) is 17.2 Å². The van der Waals surface area contributed by atoms with E-state index in [1.54, 1.807) is 12.1 Å². The number of hydrogen-bond donors (Lipinski definition) is 2. The molecule has 3 rings (SSSR count). The fraction of sp³-hybridized carbons (Fsp3) is 0.500. The molecule has 1 amide bonds. The van der Waals surface area contributed by atoms with Crippen LogP contribution in [-0.2, 0) is 0 Å². The summed E-state index contributed by atoms with van der Waals surface area (Å²) in [6.45, 7) is 0. The van der Waals surface area contributed by atoms with E-state index in [0.717, 1.165) is 19.3 Å². The Bertz CT molecular complexity index is 474. The van der Waals surface area contributed by atoms with Crippen molar-refractivity contribution < 1.29 is 15.0 Å². The predicted molar refractivity (Wildman–Crippen MR) is 65.8 cm³/mol. The van der Waals surface area contributed by atoms with Crippen LogP contribution in [0.5, 0.6) is 0 Å². The van der Waals surface area contributed by atoms with Gasteiger partial charge in [-0.2, -0.15) is 0 Å². The highest BCUT2D eigenvalue weighted by molar-refractivity contribution is 5.99. The van der Waals surface area contributed by atoms with Gasteiger partial charge in [0.1, 0.15) is 0 Å². The number of carbonyl (C=O) groups excluding carboxylic acids is 1. The molecule has 1 saturated carbocycles. The smallest absolute Gasteiger partial charge is 0.256 e. The van der Waals surface area contributed by atoms with Gasteiger partial charge in [0.15, 0.2) is 6.23 Å². The molecule has 2 N–H and O–H groups in total. The molecule has 1 aromatic rings. The molecule has 1 fully saturated rings. The van der Waals surface area contributed by atoms with Crippen molar-refractivity contribution in [2.45, 2.75) is 44.1 Å². The average molecular weight is 247 g/mol. The molecule has 0 bridgehead atoms. The molecule has 1 aromatic carbocycles. The summed E-state index contributed by atoms with van der Waals surface area (Å²) in [5, 5.41) is 20.0. The van der Waals surface area contributed by atoms with E-state index in [9.17, 15) is 15.0 Å². The van der Waals surface area contributed by atoms with Crippen LogP contribution < -0.4 is 0 Å². The van der Waals surface area contributed by atoms with Gasteiger partial charge < -0.3 is 15.1 Å². The lowest BCUT2D eigenvalue weighted by molar-refractivity contribution is -0.0254. The van der Waals surface area contributed by atoms with Gasteiger partial charge >= 0.3 is 0 Å². The summed E-state index contributed by atoms with van der Waals surface area (Å²) < 4.78 is 0. The van der Waals surface area contributed by atoms with Crippen molar-refractivity contribution in [1.82, 2.24) is 4.90 Å².